The number of ether oxygens (including phenoxy) is 4. The standard InChI is InChI=1S/C25H26O6/c1-6-23(27)30-22-15-16(8-11-21(22)29-5)7-10-19(26)17-9-12-20(28-4)18-13-14-25(2,3)31-24(17)18/h7-15H,6H2,1-5H3. The van der Waals surface area contributed by atoms with Crippen molar-refractivity contribution in [3.8, 4) is 23.0 Å². The summed E-state index contributed by atoms with van der Waals surface area (Å²) >= 11 is 0. The third-order valence-electron chi connectivity index (χ3n) is 4.79. The minimum atomic E-state index is -0.536. The van der Waals surface area contributed by atoms with Crippen LogP contribution in [0.4, 0.5) is 0 Å². The highest BCUT2D eigenvalue weighted by Gasteiger charge is 2.27. The molecule has 3 rings (SSSR count). The van der Waals surface area contributed by atoms with Crippen LogP contribution < -0.4 is 18.9 Å². The third kappa shape index (κ3) is 4.97. The van der Waals surface area contributed by atoms with Gasteiger partial charge in [0, 0.05) is 6.42 Å². The molecule has 0 saturated heterocycles. The lowest BCUT2D eigenvalue weighted by Crippen LogP contribution is -2.28. The molecule has 0 bridgehead atoms. The molecule has 0 aromatic heterocycles. The van der Waals surface area contributed by atoms with E-state index in [2.05, 4.69) is 0 Å². The van der Waals surface area contributed by atoms with Crippen LogP contribution in [0, 0.1) is 0 Å². The quantitative estimate of drug-likeness (QED) is 0.268. The van der Waals surface area contributed by atoms with Gasteiger partial charge < -0.3 is 18.9 Å². The third-order valence-corrected chi connectivity index (χ3v) is 4.79. The number of esters is 1. The van der Waals surface area contributed by atoms with E-state index in [1.54, 1.807) is 50.4 Å². The Morgan fingerprint density at radius 1 is 1.03 bits per heavy atom. The first-order valence-electron chi connectivity index (χ1n) is 9.98. The molecule has 0 spiro atoms. The number of carbonyl (C=O) groups is 2. The normalized spacial score (nSPS) is 14.0. The Hall–Kier alpha value is -3.54. The molecule has 31 heavy (non-hydrogen) atoms. The van der Waals surface area contributed by atoms with Crippen LogP contribution in [0.1, 0.15) is 48.7 Å². The number of benzene rings is 2. The molecule has 0 radical (unpaired) electrons. The highest BCUT2D eigenvalue weighted by atomic mass is 16.6. The lowest BCUT2D eigenvalue weighted by molar-refractivity contribution is -0.134. The Morgan fingerprint density at radius 2 is 1.74 bits per heavy atom. The molecule has 0 unspecified atom stereocenters. The number of allylic oxidation sites excluding steroid dienone is 1. The maximum atomic E-state index is 13.0. The number of hydrogen-bond acceptors (Lipinski definition) is 6. The van der Waals surface area contributed by atoms with Crippen molar-refractivity contribution < 1.29 is 28.5 Å². The molecule has 6 nitrogen and oxygen atoms in total. The molecule has 0 saturated carbocycles. The van der Waals surface area contributed by atoms with E-state index < -0.39 is 5.60 Å². The summed E-state index contributed by atoms with van der Waals surface area (Å²) in [4.78, 5) is 24.7. The van der Waals surface area contributed by atoms with Crippen molar-refractivity contribution in [2.45, 2.75) is 32.8 Å². The summed E-state index contributed by atoms with van der Waals surface area (Å²) in [5, 5.41) is 0. The van der Waals surface area contributed by atoms with E-state index in [9.17, 15) is 9.59 Å². The molecule has 0 amide bonds. The number of methoxy groups -OCH3 is 2. The van der Waals surface area contributed by atoms with E-state index in [1.807, 2.05) is 26.0 Å². The molecule has 2 aromatic rings. The van der Waals surface area contributed by atoms with Crippen molar-refractivity contribution in [1.29, 1.82) is 0 Å². The largest absolute Gasteiger partial charge is 0.496 e. The van der Waals surface area contributed by atoms with Gasteiger partial charge in [-0.2, -0.15) is 0 Å². The van der Waals surface area contributed by atoms with Crippen LogP contribution >= 0.6 is 0 Å². The summed E-state index contributed by atoms with van der Waals surface area (Å²) in [6, 6.07) is 8.57. The fourth-order valence-electron chi connectivity index (χ4n) is 3.14. The van der Waals surface area contributed by atoms with Crippen LogP contribution in [0.25, 0.3) is 12.2 Å². The Morgan fingerprint density at radius 3 is 2.42 bits per heavy atom. The van der Waals surface area contributed by atoms with E-state index in [0.29, 0.717) is 34.1 Å². The zero-order chi connectivity index (χ0) is 22.6. The first kappa shape index (κ1) is 22.2. The summed E-state index contributed by atoms with van der Waals surface area (Å²) in [7, 11) is 3.08. The summed E-state index contributed by atoms with van der Waals surface area (Å²) in [6.07, 6.45) is 7.21. The van der Waals surface area contributed by atoms with Gasteiger partial charge in [0.05, 0.1) is 25.3 Å². The number of hydrogen-bond donors (Lipinski definition) is 0. The highest BCUT2D eigenvalue weighted by Crippen LogP contribution is 2.40. The molecular formula is C25H26O6. The van der Waals surface area contributed by atoms with Gasteiger partial charge in [-0.3, -0.25) is 9.59 Å². The Labute approximate surface area is 182 Å². The van der Waals surface area contributed by atoms with Gasteiger partial charge in [-0.1, -0.05) is 19.1 Å². The fraction of sp³-hybridized carbons (Fsp3) is 0.280. The van der Waals surface area contributed by atoms with E-state index in [1.165, 1.54) is 13.2 Å². The first-order valence-corrected chi connectivity index (χ1v) is 9.98. The Kier molecular flexibility index (Phi) is 6.49. The molecule has 2 aromatic carbocycles. The van der Waals surface area contributed by atoms with Gasteiger partial charge in [-0.05, 0) is 61.9 Å². The van der Waals surface area contributed by atoms with Crippen LogP contribution in [0.2, 0.25) is 0 Å². The van der Waals surface area contributed by atoms with Crippen molar-refractivity contribution >= 4 is 23.9 Å². The van der Waals surface area contributed by atoms with Crippen molar-refractivity contribution in [2.24, 2.45) is 0 Å². The molecule has 0 fully saturated rings. The summed E-state index contributed by atoms with van der Waals surface area (Å²) < 4.78 is 22.0. The molecule has 1 aliphatic heterocycles. The minimum absolute atomic E-state index is 0.215. The van der Waals surface area contributed by atoms with Crippen LogP contribution in [0.15, 0.2) is 42.5 Å². The van der Waals surface area contributed by atoms with E-state index in [-0.39, 0.29) is 18.2 Å². The SMILES string of the molecule is CCC(=O)Oc1cc(C=CC(=O)c2ccc(OC)c3c2OC(C)(C)C=C3)ccc1OC. The van der Waals surface area contributed by atoms with Crippen molar-refractivity contribution in [2.75, 3.05) is 14.2 Å². The number of rotatable bonds is 7. The van der Waals surface area contributed by atoms with Gasteiger partial charge >= 0.3 is 5.97 Å². The minimum Gasteiger partial charge on any atom is -0.496 e. The lowest BCUT2D eigenvalue weighted by atomic mass is 9.97. The smallest absolute Gasteiger partial charge is 0.311 e. The average molecular weight is 422 g/mol. The second-order valence-electron chi connectivity index (χ2n) is 7.53. The van der Waals surface area contributed by atoms with Crippen molar-refractivity contribution in [3.63, 3.8) is 0 Å². The summed E-state index contributed by atoms with van der Waals surface area (Å²) in [5.41, 5.74) is 1.33. The number of fused-ring (bicyclic) bond motifs is 1. The maximum Gasteiger partial charge on any atom is 0.311 e. The molecule has 0 atom stereocenters. The van der Waals surface area contributed by atoms with E-state index >= 15 is 0 Å². The van der Waals surface area contributed by atoms with Crippen LogP contribution in [0.5, 0.6) is 23.0 Å². The number of ketones is 1. The lowest BCUT2D eigenvalue weighted by Gasteiger charge is -2.29. The molecule has 1 heterocycles. The second-order valence-corrected chi connectivity index (χ2v) is 7.53. The fourth-order valence-corrected chi connectivity index (χ4v) is 3.14. The zero-order valence-corrected chi connectivity index (χ0v) is 18.4. The Bertz CT molecular complexity index is 1060. The number of carbonyl (C=O) groups excluding carboxylic acids is 2. The predicted molar refractivity (Wildman–Crippen MR) is 119 cm³/mol. The molecule has 162 valence electrons. The molecule has 1 aliphatic rings. The van der Waals surface area contributed by atoms with Gasteiger partial charge in [-0.25, -0.2) is 0 Å². The van der Waals surface area contributed by atoms with E-state index in [4.69, 9.17) is 18.9 Å². The van der Waals surface area contributed by atoms with Crippen LogP contribution in [-0.4, -0.2) is 31.6 Å². The topological polar surface area (TPSA) is 71.1 Å². The second kappa shape index (κ2) is 9.08. The molecule has 0 N–H and O–H groups in total. The predicted octanol–water partition coefficient (Wildman–Crippen LogP) is 5.10. The summed E-state index contributed by atoms with van der Waals surface area (Å²) in [6.45, 7) is 5.56. The first-order chi connectivity index (χ1) is 14.8. The van der Waals surface area contributed by atoms with E-state index in [0.717, 1.165) is 5.56 Å². The van der Waals surface area contributed by atoms with Gasteiger partial charge in [-0.15, -0.1) is 0 Å². The maximum absolute atomic E-state index is 13.0. The van der Waals surface area contributed by atoms with Crippen molar-refractivity contribution in [3.05, 3.63) is 59.2 Å². The van der Waals surface area contributed by atoms with Gasteiger partial charge in [0.2, 0.25) is 0 Å². The van der Waals surface area contributed by atoms with Gasteiger partial charge in [0.1, 0.15) is 17.1 Å². The zero-order valence-electron chi connectivity index (χ0n) is 18.4. The van der Waals surface area contributed by atoms with Crippen LogP contribution in [0.3, 0.4) is 0 Å². The molecular weight excluding hydrogens is 396 g/mol. The summed E-state index contributed by atoms with van der Waals surface area (Å²) in [5.74, 6) is 1.30. The van der Waals surface area contributed by atoms with Gasteiger partial charge in [0.15, 0.2) is 17.3 Å². The molecule has 6 heteroatoms. The Balaban J connectivity index is 1.91. The van der Waals surface area contributed by atoms with Crippen molar-refractivity contribution in [1.82, 2.24) is 0 Å². The monoisotopic (exact) mass is 422 g/mol. The highest BCUT2D eigenvalue weighted by molar-refractivity contribution is 6.09. The average Bonchev–Trinajstić information content (AvgIpc) is 2.75. The van der Waals surface area contributed by atoms with Crippen LogP contribution in [-0.2, 0) is 4.79 Å². The van der Waals surface area contributed by atoms with Gasteiger partial charge in [0.25, 0.3) is 0 Å². The molecule has 0 aliphatic carbocycles.